The van der Waals surface area contributed by atoms with Gasteiger partial charge in [0.1, 0.15) is 5.75 Å². The van der Waals surface area contributed by atoms with Gasteiger partial charge >= 0.3 is 0 Å². The molecule has 1 amide bonds. The average Bonchev–Trinajstić information content (AvgIpc) is 3.10. The van der Waals surface area contributed by atoms with Gasteiger partial charge in [-0.25, -0.2) is 0 Å². The number of nitrogens with one attached hydrogen (secondary N) is 1. The number of benzene rings is 1. The Kier molecular flexibility index (Phi) is 3.53. The van der Waals surface area contributed by atoms with Crippen LogP contribution in [0.15, 0.2) is 18.2 Å². The third kappa shape index (κ3) is 2.61. The third-order valence-electron chi connectivity index (χ3n) is 3.92. The van der Waals surface area contributed by atoms with E-state index in [-0.39, 0.29) is 22.6 Å². The molecule has 0 heterocycles. The van der Waals surface area contributed by atoms with Crippen LogP contribution in [0.4, 0.5) is 0 Å². The first-order valence-corrected chi connectivity index (χ1v) is 6.59. The van der Waals surface area contributed by atoms with Crippen LogP contribution in [0.1, 0.15) is 37.0 Å². The Labute approximate surface area is 112 Å². The van der Waals surface area contributed by atoms with Crippen LogP contribution in [0.5, 0.6) is 5.75 Å². The minimum Gasteiger partial charge on any atom is -0.507 e. The second-order valence-corrected chi connectivity index (χ2v) is 5.80. The first-order valence-electron chi connectivity index (χ1n) is 6.21. The number of phenols is 1. The molecule has 0 aromatic heterocycles. The summed E-state index contributed by atoms with van der Waals surface area (Å²) in [6.07, 6.45) is 2.32. The van der Waals surface area contributed by atoms with Crippen molar-refractivity contribution in [2.45, 2.75) is 26.7 Å². The van der Waals surface area contributed by atoms with Crippen LogP contribution in [0.3, 0.4) is 0 Å². The van der Waals surface area contributed by atoms with E-state index in [1.54, 1.807) is 6.07 Å². The highest BCUT2D eigenvalue weighted by atomic mass is 35.5. The molecule has 0 atom stereocenters. The van der Waals surface area contributed by atoms with E-state index in [9.17, 15) is 9.90 Å². The van der Waals surface area contributed by atoms with Gasteiger partial charge in [0.15, 0.2) is 0 Å². The topological polar surface area (TPSA) is 49.3 Å². The quantitative estimate of drug-likeness (QED) is 0.880. The maximum atomic E-state index is 12.0. The number of phenolic OH excluding ortho intramolecular Hbond substituents is 1. The van der Waals surface area contributed by atoms with E-state index in [2.05, 4.69) is 19.2 Å². The van der Waals surface area contributed by atoms with Gasteiger partial charge < -0.3 is 10.4 Å². The van der Waals surface area contributed by atoms with E-state index in [0.717, 1.165) is 12.8 Å². The van der Waals surface area contributed by atoms with Gasteiger partial charge in [0.25, 0.3) is 5.91 Å². The van der Waals surface area contributed by atoms with Crippen molar-refractivity contribution in [2.75, 3.05) is 6.54 Å². The molecule has 1 aliphatic rings. The summed E-state index contributed by atoms with van der Waals surface area (Å²) < 4.78 is 0. The van der Waals surface area contributed by atoms with Crippen molar-refractivity contribution in [3.63, 3.8) is 0 Å². The minimum absolute atomic E-state index is 0.0358. The number of hydrogen-bond acceptors (Lipinski definition) is 2. The van der Waals surface area contributed by atoms with Crippen LogP contribution >= 0.6 is 11.6 Å². The van der Waals surface area contributed by atoms with E-state index < -0.39 is 0 Å². The molecule has 3 nitrogen and oxygen atoms in total. The van der Waals surface area contributed by atoms with Gasteiger partial charge in [-0.1, -0.05) is 25.4 Å². The van der Waals surface area contributed by atoms with E-state index in [1.165, 1.54) is 12.1 Å². The molecule has 0 aliphatic heterocycles. The summed E-state index contributed by atoms with van der Waals surface area (Å²) in [6, 6.07) is 4.48. The van der Waals surface area contributed by atoms with Crippen LogP contribution in [0.2, 0.25) is 5.02 Å². The lowest BCUT2D eigenvalue weighted by Gasteiger charge is -2.20. The predicted molar refractivity (Wildman–Crippen MR) is 72.0 cm³/mol. The van der Waals surface area contributed by atoms with Crippen molar-refractivity contribution in [3.8, 4) is 5.75 Å². The van der Waals surface area contributed by atoms with Gasteiger partial charge in [0.2, 0.25) is 0 Å². The first-order chi connectivity index (χ1) is 8.44. The summed E-state index contributed by atoms with van der Waals surface area (Å²) in [7, 11) is 0. The highest BCUT2D eigenvalue weighted by molar-refractivity contribution is 6.31. The molecule has 0 spiro atoms. The van der Waals surface area contributed by atoms with E-state index in [4.69, 9.17) is 11.6 Å². The normalized spacial score (nSPS) is 16.7. The van der Waals surface area contributed by atoms with E-state index in [0.29, 0.717) is 17.5 Å². The largest absolute Gasteiger partial charge is 0.507 e. The molecule has 0 radical (unpaired) electrons. The van der Waals surface area contributed by atoms with Gasteiger partial charge in [0, 0.05) is 11.6 Å². The fourth-order valence-electron chi connectivity index (χ4n) is 2.16. The van der Waals surface area contributed by atoms with Crippen LogP contribution in [0, 0.1) is 11.3 Å². The Hall–Kier alpha value is -1.22. The third-order valence-corrected chi connectivity index (χ3v) is 4.16. The second kappa shape index (κ2) is 4.81. The molecule has 4 heteroatoms. The summed E-state index contributed by atoms with van der Waals surface area (Å²) in [5, 5.41) is 13.0. The summed E-state index contributed by atoms with van der Waals surface area (Å²) in [5.41, 5.74) is 0.492. The Bertz CT molecular complexity index is 467. The van der Waals surface area contributed by atoms with Crippen LogP contribution < -0.4 is 5.32 Å². The Morgan fingerprint density at radius 3 is 2.72 bits per heavy atom. The zero-order chi connectivity index (χ0) is 13.3. The van der Waals surface area contributed by atoms with E-state index in [1.807, 2.05) is 0 Å². The molecule has 1 saturated carbocycles. The molecule has 0 saturated heterocycles. The summed E-state index contributed by atoms with van der Waals surface area (Å²) in [5.74, 6) is 0.263. The molecule has 18 heavy (non-hydrogen) atoms. The second-order valence-electron chi connectivity index (χ2n) is 5.36. The fourth-order valence-corrected chi connectivity index (χ4v) is 2.33. The molecule has 1 aromatic rings. The number of halogens is 1. The van der Waals surface area contributed by atoms with Crippen LogP contribution in [0.25, 0.3) is 0 Å². The van der Waals surface area contributed by atoms with Crippen molar-refractivity contribution < 1.29 is 9.90 Å². The van der Waals surface area contributed by atoms with Crippen LogP contribution in [-0.2, 0) is 0 Å². The smallest absolute Gasteiger partial charge is 0.255 e. The molecule has 0 unspecified atom stereocenters. The standard InChI is InChI=1S/C14H18ClNO2/c1-9(2)14(5-6-14)8-16-13(18)11-7-10(15)3-4-12(11)17/h3-4,7,9,17H,5-6,8H2,1-2H3,(H,16,18). The Morgan fingerprint density at radius 1 is 1.50 bits per heavy atom. The molecule has 1 aliphatic carbocycles. The highest BCUT2D eigenvalue weighted by Crippen LogP contribution is 2.51. The number of carbonyl (C=O) groups is 1. The van der Waals surface area contributed by atoms with Crippen LogP contribution in [-0.4, -0.2) is 17.6 Å². The lowest BCUT2D eigenvalue weighted by atomic mass is 9.92. The maximum absolute atomic E-state index is 12.0. The number of rotatable bonds is 4. The Balaban J connectivity index is 2.02. The van der Waals surface area contributed by atoms with Gasteiger partial charge in [-0.05, 0) is 42.4 Å². The summed E-state index contributed by atoms with van der Waals surface area (Å²) >= 11 is 5.82. The van der Waals surface area contributed by atoms with Crippen molar-refractivity contribution in [3.05, 3.63) is 28.8 Å². The SMILES string of the molecule is CC(C)C1(CNC(=O)c2cc(Cl)ccc2O)CC1. The van der Waals surface area contributed by atoms with Crippen molar-refractivity contribution in [1.29, 1.82) is 0 Å². The van der Waals surface area contributed by atoms with E-state index >= 15 is 0 Å². The van der Waals surface area contributed by atoms with Gasteiger partial charge in [0.05, 0.1) is 5.56 Å². The number of carbonyl (C=O) groups excluding carboxylic acids is 1. The average molecular weight is 268 g/mol. The Morgan fingerprint density at radius 2 is 2.17 bits per heavy atom. The monoisotopic (exact) mass is 267 g/mol. The predicted octanol–water partition coefficient (Wildman–Crippen LogP) is 3.21. The molecule has 0 bridgehead atoms. The molecule has 2 N–H and O–H groups in total. The minimum atomic E-state index is -0.262. The lowest BCUT2D eigenvalue weighted by Crippen LogP contribution is -2.32. The lowest BCUT2D eigenvalue weighted by molar-refractivity contribution is 0.0937. The summed E-state index contributed by atoms with van der Waals surface area (Å²) in [6.45, 7) is 5.02. The maximum Gasteiger partial charge on any atom is 0.255 e. The van der Waals surface area contributed by atoms with Gasteiger partial charge in [-0.2, -0.15) is 0 Å². The number of aromatic hydroxyl groups is 1. The molecule has 2 rings (SSSR count). The van der Waals surface area contributed by atoms with Gasteiger partial charge in [-0.3, -0.25) is 4.79 Å². The number of amides is 1. The first kappa shape index (κ1) is 13.2. The summed E-state index contributed by atoms with van der Waals surface area (Å²) in [4.78, 5) is 12.0. The molecule has 1 aromatic carbocycles. The molecule has 98 valence electrons. The molecule has 1 fully saturated rings. The zero-order valence-corrected chi connectivity index (χ0v) is 11.4. The highest BCUT2D eigenvalue weighted by Gasteiger charge is 2.45. The molecular weight excluding hydrogens is 250 g/mol. The zero-order valence-electron chi connectivity index (χ0n) is 10.7. The van der Waals surface area contributed by atoms with Crippen molar-refractivity contribution in [1.82, 2.24) is 5.32 Å². The van der Waals surface area contributed by atoms with Crippen molar-refractivity contribution >= 4 is 17.5 Å². The van der Waals surface area contributed by atoms with Crippen molar-refractivity contribution in [2.24, 2.45) is 11.3 Å². The number of hydrogen-bond donors (Lipinski definition) is 2. The fraction of sp³-hybridized carbons (Fsp3) is 0.500. The molecular formula is C14H18ClNO2. The van der Waals surface area contributed by atoms with Gasteiger partial charge in [-0.15, -0.1) is 0 Å².